The van der Waals surface area contributed by atoms with Crippen LogP contribution in [0.3, 0.4) is 0 Å². The van der Waals surface area contributed by atoms with Gasteiger partial charge in [0.15, 0.2) is 0 Å². The molecule has 0 saturated heterocycles. The van der Waals surface area contributed by atoms with Gasteiger partial charge in [-0.05, 0) is 29.6 Å². The molecule has 14 heavy (non-hydrogen) atoms. The lowest BCUT2D eigenvalue weighted by Crippen LogP contribution is -1.88. The lowest BCUT2D eigenvalue weighted by molar-refractivity contribution is 1.000. The van der Waals surface area contributed by atoms with Gasteiger partial charge in [0.2, 0.25) is 0 Å². The Labute approximate surface area is 86.3 Å². The molecule has 0 spiro atoms. The summed E-state index contributed by atoms with van der Waals surface area (Å²) >= 11 is 0. The van der Waals surface area contributed by atoms with E-state index in [-0.39, 0.29) is 0 Å². The van der Waals surface area contributed by atoms with Gasteiger partial charge in [-0.15, -0.1) is 0 Å². The highest BCUT2D eigenvalue weighted by Crippen LogP contribution is 2.21. The monoisotopic (exact) mass is 184 g/mol. The standard InChI is InChI=1S/C14H16/c1-4-13-11-9-7-6-8-10-12(3)14(13)5-2/h4-8,10H,1-3,9,11H2/b7-6-,10-8-,14-13-. The average Bonchev–Trinajstić information content (AvgIpc) is 2.28. The molecule has 0 aromatic rings. The largest absolute Gasteiger partial charge is 0.0988 e. The van der Waals surface area contributed by atoms with Crippen LogP contribution in [-0.4, -0.2) is 0 Å². The molecule has 0 aromatic carbocycles. The second kappa shape index (κ2) is 5.23. The van der Waals surface area contributed by atoms with E-state index in [9.17, 15) is 0 Å². The summed E-state index contributed by atoms with van der Waals surface area (Å²) in [5.74, 6) is 0. The second-order valence-corrected chi connectivity index (χ2v) is 3.20. The molecule has 0 aromatic heterocycles. The van der Waals surface area contributed by atoms with Crippen molar-refractivity contribution >= 4 is 0 Å². The summed E-state index contributed by atoms with van der Waals surface area (Å²) in [5.41, 5.74) is 3.34. The Morgan fingerprint density at radius 3 is 2.57 bits per heavy atom. The van der Waals surface area contributed by atoms with Crippen LogP contribution in [-0.2, 0) is 0 Å². The third kappa shape index (κ3) is 2.46. The number of allylic oxidation sites excluding steroid dienone is 9. The van der Waals surface area contributed by atoms with E-state index >= 15 is 0 Å². The highest BCUT2D eigenvalue weighted by molar-refractivity contribution is 5.50. The van der Waals surface area contributed by atoms with Crippen LogP contribution in [0.25, 0.3) is 0 Å². The fourth-order valence-corrected chi connectivity index (χ4v) is 1.49. The van der Waals surface area contributed by atoms with E-state index in [0.29, 0.717) is 0 Å². The van der Waals surface area contributed by atoms with E-state index < -0.39 is 0 Å². The Balaban J connectivity index is 3.13. The molecule has 0 fully saturated rings. The fourth-order valence-electron chi connectivity index (χ4n) is 1.49. The first-order chi connectivity index (χ1) is 6.79. The van der Waals surface area contributed by atoms with Crippen molar-refractivity contribution in [1.82, 2.24) is 0 Å². The Hall–Kier alpha value is -1.56. The second-order valence-electron chi connectivity index (χ2n) is 3.20. The minimum Gasteiger partial charge on any atom is -0.0988 e. The summed E-state index contributed by atoms with van der Waals surface area (Å²) in [6, 6.07) is 0. The summed E-state index contributed by atoms with van der Waals surface area (Å²) < 4.78 is 0. The van der Waals surface area contributed by atoms with E-state index in [1.165, 1.54) is 5.57 Å². The Morgan fingerprint density at radius 1 is 1.14 bits per heavy atom. The molecule has 0 aliphatic heterocycles. The van der Waals surface area contributed by atoms with Crippen LogP contribution in [0.15, 0.2) is 72.9 Å². The molecule has 0 heterocycles. The van der Waals surface area contributed by atoms with Crippen LogP contribution in [0, 0.1) is 0 Å². The number of hydrogen-bond donors (Lipinski definition) is 0. The van der Waals surface area contributed by atoms with Crippen molar-refractivity contribution in [3.8, 4) is 0 Å². The van der Waals surface area contributed by atoms with Crippen molar-refractivity contribution in [3.63, 3.8) is 0 Å². The summed E-state index contributed by atoms with van der Waals surface area (Å²) in [6.07, 6.45) is 14.0. The van der Waals surface area contributed by atoms with Gasteiger partial charge in [0.25, 0.3) is 0 Å². The minimum atomic E-state index is 1.00. The van der Waals surface area contributed by atoms with Crippen LogP contribution in [0.2, 0.25) is 0 Å². The highest BCUT2D eigenvalue weighted by atomic mass is 14.1. The van der Waals surface area contributed by atoms with Crippen molar-refractivity contribution in [2.75, 3.05) is 0 Å². The van der Waals surface area contributed by atoms with E-state index in [2.05, 4.69) is 31.9 Å². The predicted molar refractivity (Wildman–Crippen MR) is 64.1 cm³/mol. The smallest absolute Gasteiger partial charge is 0.0164 e. The molecule has 1 aliphatic rings. The van der Waals surface area contributed by atoms with E-state index in [1.54, 1.807) is 0 Å². The average molecular weight is 184 g/mol. The van der Waals surface area contributed by atoms with Crippen LogP contribution < -0.4 is 0 Å². The van der Waals surface area contributed by atoms with E-state index in [4.69, 9.17) is 0 Å². The van der Waals surface area contributed by atoms with Crippen molar-refractivity contribution in [3.05, 3.63) is 72.9 Å². The SMILES string of the molecule is C=C/C1=C(\C=C)C(=C)/C=C\C=C/CC1. The third-order valence-corrected chi connectivity index (χ3v) is 2.27. The maximum atomic E-state index is 4.01. The first-order valence-corrected chi connectivity index (χ1v) is 4.80. The lowest BCUT2D eigenvalue weighted by atomic mass is 9.98. The molecule has 0 saturated carbocycles. The highest BCUT2D eigenvalue weighted by Gasteiger charge is 2.02. The van der Waals surface area contributed by atoms with Gasteiger partial charge in [-0.25, -0.2) is 0 Å². The topological polar surface area (TPSA) is 0 Å². The fraction of sp³-hybridized carbons (Fsp3) is 0.143. The third-order valence-electron chi connectivity index (χ3n) is 2.27. The van der Waals surface area contributed by atoms with Gasteiger partial charge in [0, 0.05) is 0 Å². The van der Waals surface area contributed by atoms with Crippen LogP contribution in [0.1, 0.15) is 12.8 Å². The van der Waals surface area contributed by atoms with E-state index in [0.717, 1.165) is 24.0 Å². The molecule has 1 aliphatic carbocycles. The Morgan fingerprint density at radius 2 is 1.93 bits per heavy atom. The van der Waals surface area contributed by atoms with Crippen LogP contribution in [0.5, 0.6) is 0 Å². The Kier molecular flexibility index (Phi) is 3.93. The maximum absolute atomic E-state index is 4.01. The lowest BCUT2D eigenvalue weighted by Gasteiger charge is -2.07. The molecule has 0 heteroatoms. The molecule has 0 N–H and O–H groups in total. The van der Waals surface area contributed by atoms with Gasteiger partial charge in [0.1, 0.15) is 0 Å². The number of hydrogen-bond acceptors (Lipinski definition) is 0. The zero-order valence-corrected chi connectivity index (χ0v) is 8.50. The van der Waals surface area contributed by atoms with Crippen molar-refractivity contribution < 1.29 is 0 Å². The molecular formula is C14H16. The molecule has 0 unspecified atom stereocenters. The van der Waals surface area contributed by atoms with Gasteiger partial charge in [0.05, 0.1) is 0 Å². The summed E-state index contributed by atoms with van der Waals surface area (Å²) in [6.45, 7) is 11.7. The molecule has 0 amide bonds. The first kappa shape index (κ1) is 10.5. The molecule has 0 radical (unpaired) electrons. The Bertz CT molecular complexity index is 335. The summed E-state index contributed by atoms with van der Waals surface area (Å²) in [4.78, 5) is 0. The van der Waals surface area contributed by atoms with Crippen LogP contribution in [0.4, 0.5) is 0 Å². The van der Waals surface area contributed by atoms with Gasteiger partial charge >= 0.3 is 0 Å². The quantitative estimate of drug-likeness (QED) is 0.605. The zero-order valence-electron chi connectivity index (χ0n) is 8.50. The maximum Gasteiger partial charge on any atom is -0.0164 e. The molecular weight excluding hydrogens is 168 g/mol. The van der Waals surface area contributed by atoms with Crippen molar-refractivity contribution in [2.24, 2.45) is 0 Å². The van der Waals surface area contributed by atoms with Gasteiger partial charge in [-0.3, -0.25) is 0 Å². The van der Waals surface area contributed by atoms with Crippen LogP contribution >= 0.6 is 0 Å². The molecule has 72 valence electrons. The molecule has 0 atom stereocenters. The first-order valence-electron chi connectivity index (χ1n) is 4.80. The van der Waals surface area contributed by atoms with Gasteiger partial charge in [-0.1, -0.05) is 56.2 Å². The van der Waals surface area contributed by atoms with Crippen molar-refractivity contribution in [1.29, 1.82) is 0 Å². The molecule has 1 rings (SSSR count). The van der Waals surface area contributed by atoms with Gasteiger partial charge < -0.3 is 0 Å². The molecule has 0 bridgehead atoms. The van der Waals surface area contributed by atoms with Gasteiger partial charge in [-0.2, -0.15) is 0 Å². The predicted octanol–water partition coefficient (Wildman–Crippen LogP) is 4.12. The minimum absolute atomic E-state index is 1.00. The van der Waals surface area contributed by atoms with Crippen molar-refractivity contribution in [2.45, 2.75) is 12.8 Å². The summed E-state index contributed by atoms with van der Waals surface area (Å²) in [7, 11) is 0. The number of rotatable bonds is 2. The zero-order chi connectivity index (χ0) is 10.4. The summed E-state index contributed by atoms with van der Waals surface area (Å²) in [5, 5.41) is 0. The van der Waals surface area contributed by atoms with E-state index in [1.807, 2.05) is 24.3 Å². The normalized spacial score (nSPS) is 27.0. The molecule has 0 nitrogen and oxygen atoms in total.